The van der Waals surface area contributed by atoms with Gasteiger partial charge in [0.15, 0.2) is 0 Å². The van der Waals surface area contributed by atoms with Crippen molar-refractivity contribution in [2.75, 3.05) is 25.1 Å². The first-order valence-corrected chi connectivity index (χ1v) is 6.55. The van der Waals surface area contributed by atoms with Crippen LogP contribution in [0, 0.1) is 8.99 Å². The van der Waals surface area contributed by atoms with Gasteiger partial charge in [-0.1, -0.05) is 6.92 Å². The van der Waals surface area contributed by atoms with Gasteiger partial charge in [-0.25, -0.2) is 9.97 Å². The van der Waals surface area contributed by atoms with Crippen LogP contribution in [0.4, 0.5) is 5.82 Å². The second-order valence-corrected chi connectivity index (χ2v) is 5.66. The van der Waals surface area contributed by atoms with Crippen LogP contribution >= 0.6 is 22.6 Å². The highest BCUT2D eigenvalue weighted by molar-refractivity contribution is 14.1. The Balaban J connectivity index is 1.94. The molecule has 2 heterocycles. The molecule has 0 saturated carbocycles. The highest BCUT2D eigenvalue weighted by Crippen LogP contribution is 2.30. The average molecular weight is 333 g/mol. The maximum atomic E-state index is 5.39. The van der Waals surface area contributed by atoms with Gasteiger partial charge in [0.2, 0.25) is 0 Å². The Morgan fingerprint density at radius 3 is 2.94 bits per heavy atom. The van der Waals surface area contributed by atoms with Gasteiger partial charge in [-0.3, -0.25) is 0 Å². The molecule has 0 aromatic carbocycles. The van der Waals surface area contributed by atoms with Crippen LogP contribution in [0.1, 0.15) is 19.8 Å². The average Bonchev–Trinajstić information content (AvgIpc) is 2.29. The summed E-state index contributed by atoms with van der Waals surface area (Å²) in [5.41, 5.74) is 0.326. The number of rotatable bonds is 3. The molecule has 4 nitrogen and oxygen atoms in total. The SMILES string of the molecule is CC1(CNc2ncncc2I)CCOCC1. The summed E-state index contributed by atoms with van der Waals surface area (Å²) in [6.45, 7) is 5.00. The van der Waals surface area contributed by atoms with Crippen LogP contribution in [-0.4, -0.2) is 29.7 Å². The predicted octanol–water partition coefficient (Wildman–Crippen LogP) is 2.31. The molecule has 1 aliphatic heterocycles. The van der Waals surface area contributed by atoms with Crippen molar-refractivity contribution in [1.29, 1.82) is 0 Å². The Hall–Kier alpha value is -0.430. The first-order valence-electron chi connectivity index (χ1n) is 5.47. The fourth-order valence-electron chi connectivity index (χ4n) is 1.78. The quantitative estimate of drug-likeness (QED) is 0.863. The number of nitrogens with one attached hydrogen (secondary N) is 1. The third kappa shape index (κ3) is 3.04. The summed E-state index contributed by atoms with van der Waals surface area (Å²) in [4.78, 5) is 8.21. The molecular weight excluding hydrogens is 317 g/mol. The minimum Gasteiger partial charge on any atom is -0.381 e. The number of aromatic nitrogens is 2. The van der Waals surface area contributed by atoms with Gasteiger partial charge >= 0.3 is 0 Å². The van der Waals surface area contributed by atoms with Crippen LogP contribution in [0.15, 0.2) is 12.5 Å². The van der Waals surface area contributed by atoms with Gasteiger partial charge in [-0.2, -0.15) is 0 Å². The standard InChI is InChI=1S/C11H16IN3O/c1-11(2-4-16-5-3-11)7-14-10-9(12)6-13-8-15-10/h6,8H,2-5,7H2,1H3,(H,13,14,15). The van der Waals surface area contributed by atoms with E-state index in [1.165, 1.54) is 0 Å². The van der Waals surface area contributed by atoms with Gasteiger partial charge in [-0.05, 0) is 40.8 Å². The van der Waals surface area contributed by atoms with Crippen LogP contribution in [0.2, 0.25) is 0 Å². The summed E-state index contributed by atoms with van der Waals surface area (Å²) in [6, 6.07) is 0. The molecule has 1 aliphatic rings. The van der Waals surface area contributed by atoms with Crippen molar-refractivity contribution < 1.29 is 4.74 Å². The number of halogens is 1. The molecule has 88 valence electrons. The zero-order chi connectivity index (χ0) is 11.4. The van der Waals surface area contributed by atoms with Gasteiger partial charge in [0, 0.05) is 26.0 Å². The summed E-state index contributed by atoms with van der Waals surface area (Å²) in [5.74, 6) is 0.934. The molecule has 0 atom stereocenters. The van der Waals surface area contributed by atoms with Crippen LogP contribution in [0.25, 0.3) is 0 Å². The summed E-state index contributed by atoms with van der Waals surface area (Å²) >= 11 is 2.25. The van der Waals surface area contributed by atoms with E-state index in [4.69, 9.17) is 4.74 Å². The Bertz CT molecular complexity index is 353. The molecule has 5 heteroatoms. The van der Waals surface area contributed by atoms with Gasteiger partial charge in [0.05, 0.1) is 3.57 Å². The van der Waals surface area contributed by atoms with E-state index in [0.29, 0.717) is 5.41 Å². The summed E-state index contributed by atoms with van der Waals surface area (Å²) < 4.78 is 6.45. The highest BCUT2D eigenvalue weighted by atomic mass is 127. The van der Waals surface area contributed by atoms with Gasteiger partial charge in [-0.15, -0.1) is 0 Å². The summed E-state index contributed by atoms with van der Waals surface area (Å²) in [5, 5.41) is 3.41. The lowest BCUT2D eigenvalue weighted by Crippen LogP contribution is -2.33. The number of hydrogen-bond donors (Lipinski definition) is 1. The molecule has 0 radical (unpaired) electrons. The zero-order valence-corrected chi connectivity index (χ0v) is 11.5. The van der Waals surface area contributed by atoms with E-state index in [2.05, 4.69) is 44.8 Å². The Labute approximate surface area is 109 Å². The lowest BCUT2D eigenvalue weighted by atomic mass is 9.82. The molecule has 1 aromatic heterocycles. The van der Waals surface area contributed by atoms with Gasteiger partial charge in [0.1, 0.15) is 12.1 Å². The monoisotopic (exact) mass is 333 g/mol. The zero-order valence-electron chi connectivity index (χ0n) is 9.37. The molecule has 2 rings (SSSR count). The topological polar surface area (TPSA) is 47.0 Å². The van der Waals surface area contributed by atoms with Crippen LogP contribution in [0.3, 0.4) is 0 Å². The maximum absolute atomic E-state index is 5.39. The molecule has 0 aliphatic carbocycles. The lowest BCUT2D eigenvalue weighted by molar-refractivity contribution is 0.0299. The van der Waals surface area contributed by atoms with Crippen LogP contribution in [-0.2, 0) is 4.74 Å². The predicted molar refractivity (Wildman–Crippen MR) is 71.4 cm³/mol. The smallest absolute Gasteiger partial charge is 0.142 e. The number of anilines is 1. The minimum absolute atomic E-state index is 0.326. The molecule has 1 N–H and O–H groups in total. The third-order valence-corrected chi connectivity index (χ3v) is 3.84. The number of ether oxygens (including phenoxy) is 1. The van der Waals surface area contributed by atoms with Crippen molar-refractivity contribution in [3.05, 3.63) is 16.1 Å². The second kappa shape index (κ2) is 5.27. The van der Waals surface area contributed by atoms with Crippen molar-refractivity contribution >= 4 is 28.4 Å². The Kier molecular flexibility index (Phi) is 3.96. The molecule has 16 heavy (non-hydrogen) atoms. The van der Waals surface area contributed by atoms with Crippen molar-refractivity contribution in [1.82, 2.24) is 9.97 Å². The van der Waals surface area contributed by atoms with E-state index < -0.39 is 0 Å². The third-order valence-electron chi connectivity index (χ3n) is 3.05. The Morgan fingerprint density at radius 1 is 1.50 bits per heavy atom. The van der Waals surface area contributed by atoms with Crippen molar-refractivity contribution in [2.45, 2.75) is 19.8 Å². The molecule has 0 bridgehead atoms. The van der Waals surface area contributed by atoms with Gasteiger partial charge < -0.3 is 10.1 Å². The largest absolute Gasteiger partial charge is 0.381 e. The number of hydrogen-bond acceptors (Lipinski definition) is 4. The highest BCUT2D eigenvalue weighted by Gasteiger charge is 2.27. The Morgan fingerprint density at radius 2 is 2.25 bits per heavy atom. The lowest BCUT2D eigenvalue weighted by Gasteiger charge is -2.33. The molecule has 0 unspecified atom stereocenters. The fraction of sp³-hybridized carbons (Fsp3) is 0.636. The first kappa shape index (κ1) is 12.0. The normalized spacial score (nSPS) is 19.4. The molecular formula is C11H16IN3O. The van der Waals surface area contributed by atoms with Crippen molar-refractivity contribution in [3.8, 4) is 0 Å². The second-order valence-electron chi connectivity index (χ2n) is 4.50. The van der Waals surface area contributed by atoms with Crippen LogP contribution < -0.4 is 5.32 Å². The molecule has 0 spiro atoms. The molecule has 1 saturated heterocycles. The molecule has 1 fully saturated rings. The van der Waals surface area contributed by atoms with E-state index in [1.54, 1.807) is 6.33 Å². The van der Waals surface area contributed by atoms with E-state index >= 15 is 0 Å². The van der Waals surface area contributed by atoms with Crippen molar-refractivity contribution in [2.24, 2.45) is 5.41 Å². The van der Waals surface area contributed by atoms with E-state index in [-0.39, 0.29) is 0 Å². The number of nitrogens with zero attached hydrogens (tertiary/aromatic N) is 2. The summed E-state index contributed by atoms with van der Waals surface area (Å²) in [7, 11) is 0. The van der Waals surface area contributed by atoms with Crippen LogP contribution in [0.5, 0.6) is 0 Å². The maximum Gasteiger partial charge on any atom is 0.142 e. The van der Waals surface area contributed by atoms with E-state index in [9.17, 15) is 0 Å². The fourth-order valence-corrected chi connectivity index (χ4v) is 2.27. The first-order chi connectivity index (χ1) is 7.70. The van der Waals surface area contributed by atoms with E-state index in [0.717, 1.165) is 42.0 Å². The van der Waals surface area contributed by atoms with Crippen molar-refractivity contribution in [3.63, 3.8) is 0 Å². The van der Waals surface area contributed by atoms with Gasteiger partial charge in [0.25, 0.3) is 0 Å². The molecule has 0 amide bonds. The molecule has 1 aromatic rings. The minimum atomic E-state index is 0.326. The van der Waals surface area contributed by atoms with E-state index in [1.807, 2.05) is 6.20 Å². The summed E-state index contributed by atoms with van der Waals surface area (Å²) in [6.07, 6.45) is 5.63.